The smallest absolute Gasteiger partial charge is 0.331 e. The van der Waals surface area contributed by atoms with Gasteiger partial charge in [0.15, 0.2) is 0 Å². The lowest BCUT2D eigenvalue weighted by atomic mass is 10.0. The Labute approximate surface area is 89.6 Å². The van der Waals surface area contributed by atoms with Crippen molar-refractivity contribution in [1.29, 1.82) is 0 Å². The molecule has 15 heavy (non-hydrogen) atoms. The molecule has 0 aromatic heterocycles. The molecule has 1 heterocycles. The molecule has 0 spiro atoms. The van der Waals surface area contributed by atoms with E-state index in [1.54, 1.807) is 7.11 Å². The summed E-state index contributed by atoms with van der Waals surface area (Å²) in [7, 11) is 2.97. The summed E-state index contributed by atoms with van der Waals surface area (Å²) < 4.78 is 20.6. The van der Waals surface area contributed by atoms with Crippen LogP contribution in [0.5, 0.6) is 0 Å². The third kappa shape index (κ3) is 3.44. The minimum Gasteiger partial charge on any atom is -0.467 e. The van der Waals surface area contributed by atoms with Gasteiger partial charge in [0.1, 0.15) is 12.7 Å². The Morgan fingerprint density at radius 1 is 1.47 bits per heavy atom. The van der Waals surface area contributed by atoms with Crippen LogP contribution in [0.25, 0.3) is 0 Å². The highest BCUT2D eigenvalue weighted by atomic mass is 16.6. The van der Waals surface area contributed by atoms with E-state index in [1.807, 2.05) is 6.92 Å². The van der Waals surface area contributed by atoms with Crippen molar-refractivity contribution in [2.24, 2.45) is 0 Å². The summed E-state index contributed by atoms with van der Waals surface area (Å²) in [6, 6.07) is 0. The summed E-state index contributed by atoms with van der Waals surface area (Å²) in [6.07, 6.45) is 0.502. The SMILES string of the molecule is COC(=O)COC1[C@H](C)OCC[C@@H]1OC. The van der Waals surface area contributed by atoms with Gasteiger partial charge in [-0.1, -0.05) is 0 Å². The van der Waals surface area contributed by atoms with Crippen molar-refractivity contribution in [1.82, 2.24) is 0 Å². The standard InChI is InChI=1S/C10H18O5/c1-7-10(15-6-9(11)13-3)8(12-2)4-5-14-7/h7-8,10H,4-6H2,1-3H3/t7-,8-,10?/m0/s1. The number of hydrogen-bond donors (Lipinski definition) is 0. The van der Waals surface area contributed by atoms with E-state index in [2.05, 4.69) is 4.74 Å². The van der Waals surface area contributed by atoms with Gasteiger partial charge in [0.2, 0.25) is 0 Å². The molecule has 0 saturated carbocycles. The second kappa shape index (κ2) is 6.05. The van der Waals surface area contributed by atoms with Crippen LogP contribution in [0.1, 0.15) is 13.3 Å². The van der Waals surface area contributed by atoms with Crippen molar-refractivity contribution in [2.75, 3.05) is 27.4 Å². The van der Waals surface area contributed by atoms with Crippen molar-refractivity contribution >= 4 is 5.97 Å². The molecule has 1 unspecified atom stereocenters. The van der Waals surface area contributed by atoms with Crippen LogP contribution < -0.4 is 0 Å². The van der Waals surface area contributed by atoms with Gasteiger partial charge in [-0.05, 0) is 13.3 Å². The van der Waals surface area contributed by atoms with Gasteiger partial charge in [0.05, 0.1) is 19.3 Å². The second-order valence-corrected chi connectivity index (χ2v) is 3.49. The zero-order chi connectivity index (χ0) is 11.3. The van der Waals surface area contributed by atoms with Gasteiger partial charge in [-0.3, -0.25) is 0 Å². The highest BCUT2D eigenvalue weighted by molar-refractivity contribution is 5.70. The Bertz CT molecular complexity index is 206. The van der Waals surface area contributed by atoms with E-state index in [9.17, 15) is 4.79 Å². The quantitative estimate of drug-likeness (QED) is 0.638. The van der Waals surface area contributed by atoms with Crippen LogP contribution in [0.2, 0.25) is 0 Å². The summed E-state index contributed by atoms with van der Waals surface area (Å²) in [5.74, 6) is -0.386. The number of methoxy groups -OCH3 is 2. The molecule has 0 aliphatic carbocycles. The molecule has 5 heteroatoms. The molecule has 0 aromatic carbocycles. The maximum Gasteiger partial charge on any atom is 0.331 e. The van der Waals surface area contributed by atoms with Crippen LogP contribution in [-0.2, 0) is 23.7 Å². The number of carbonyl (C=O) groups excluding carboxylic acids is 1. The van der Waals surface area contributed by atoms with Crippen molar-refractivity contribution in [2.45, 2.75) is 31.7 Å². The van der Waals surface area contributed by atoms with Gasteiger partial charge >= 0.3 is 5.97 Å². The lowest BCUT2D eigenvalue weighted by Gasteiger charge is -2.35. The molecule has 1 rings (SSSR count). The first-order valence-corrected chi connectivity index (χ1v) is 5.02. The molecule has 0 amide bonds. The zero-order valence-electron chi connectivity index (χ0n) is 9.39. The van der Waals surface area contributed by atoms with Gasteiger partial charge in [-0.15, -0.1) is 0 Å². The lowest BCUT2D eigenvalue weighted by molar-refractivity contribution is -0.176. The number of rotatable bonds is 4. The summed E-state index contributed by atoms with van der Waals surface area (Å²) >= 11 is 0. The number of hydrogen-bond acceptors (Lipinski definition) is 5. The van der Waals surface area contributed by atoms with E-state index in [1.165, 1.54) is 7.11 Å². The van der Waals surface area contributed by atoms with Gasteiger partial charge in [-0.25, -0.2) is 4.79 Å². The van der Waals surface area contributed by atoms with Crippen LogP contribution in [0.4, 0.5) is 0 Å². The first-order chi connectivity index (χ1) is 7.19. The Kier molecular flexibility index (Phi) is 5.01. The van der Waals surface area contributed by atoms with Gasteiger partial charge in [-0.2, -0.15) is 0 Å². The van der Waals surface area contributed by atoms with Crippen molar-refractivity contribution < 1.29 is 23.7 Å². The molecule has 1 fully saturated rings. The molecule has 1 aliphatic rings. The largest absolute Gasteiger partial charge is 0.467 e. The predicted octanol–water partition coefficient (Wildman–Crippen LogP) is 0.368. The number of ether oxygens (including phenoxy) is 4. The second-order valence-electron chi connectivity index (χ2n) is 3.49. The zero-order valence-corrected chi connectivity index (χ0v) is 9.39. The van der Waals surface area contributed by atoms with Crippen LogP contribution in [-0.4, -0.2) is 51.7 Å². The highest BCUT2D eigenvalue weighted by Crippen LogP contribution is 2.19. The van der Waals surface area contributed by atoms with Gasteiger partial charge in [0.25, 0.3) is 0 Å². The van der Waals surface area contributed by atoms with E-state index >= 15 is 0 Å². The molecular weight excluding hydrogens is 200 g/mol. The van der Waals surface area contributed by atoms with Crippen LogP contribution in [0, 0.1) is 0 Å². The average Bonchev–Trinajstić information content (AvgIpc) is 2.26. The van der Waals surface area contributed by atoms with E-state index in [0.717, 1.165) is 6.42 Å². The monoisotopic (exact) mass is 218 g/mol. The highest BCUT2D eigenvalue weighted by Gasteiger charge is 2.32. The van der Waals surface area contributed by atoms with Crippen molar-refractivity contribution in [3.05, 3.63) is 0 Å². The third-order valence-corrected chi connectivity index (χ3v) is 2.54. The van der Waals surface area contributed by atoms with E-state index in [-0.39, 0.29) is 30.9 Å². The molecule has 88 valence electrons. The molecule has 0 aromatic rings. The first-order valence-electron chi connectivity index (χ1n) is 5.02. The fourth-order valence-electron chi connectivity index (χ4n) is 1.65. The van der Waals surface area contributed by atoms with Crippen molar-refractivity contribution in [3.63, 3.8) is 0 Å². The normalized spacial score (nSPS) is 31.3. The minimum atomic E-state index is -0.386. The Morgan fingerprint density at radius 2 is 2.20 bits per heavy atom. The first kappa shape index (κ1) is 12.4. The van der Waals surface area contributed by atoms with Crippen LogP contribution >= 0.6 is 0 Å². The molecule has 5 nitrogen and oxygen atoms in total. The van der Waals surface area contributed by atoms with E-state index in [4.69, 9.17) is 14.2 Å². The molecule has 0 bridgehead atoms. The average molecular weight is 218 g/mol. The van der Waals surface area contributed by atoms with E-state index in [0.29, 0.717) is 6.61 Å². The fourth-order valence-corrected chi connectivity index (χ4v) is 1.65. The summed E-state index contributed by atoms with van der Waals surface area (Å²) in [5.41, 5.74) is 0. The Morgan fingerprint density at radius 3 is 2.80 bits per heavy atom. The molecule has 0 N–H and O–H groups in total. The fraction of sp³-hybridized carbons (Fsp3) is 0.900. The van der Waals surface area contributed by atoms with Crippen molar-refractivity contribution in [3.8, 4) is 0 Å². The molecule has 1 aliphatic heterocycles. The van der Waals surface area contributed by atoms with Gasteiger partial charge < -0.3 is 18.9 Å². The Balaban J connectivity index is 2.43. The van der Waals surface area contributed by atoms with Gasteiger partial charge in [0, 0.05) is 13.7 Å². The number of carbonyl (C=O) groups is 1. The summed E-state index contributed by atoms with van der Waals surface area (Å²) in [6.45, 7) is 2.51. The van der Waals surface area contributed by atoms with Crippen LogP contribution in [0.15, 0.2) is 0 Å². The minimum absolute atomic E-state index is 0.0154. The summed E-state index contributed by atoms with van der Waals surface area (Å²) in [4.78, 5) is 10.9. The van der Waals surface area contributed by atoms with E-state index < -0.39 is 0 Å². The van der Waals surface area contributed by atoms with Crippen LogP contribution in [0.3, 0.4) is 0 Å². The lowest BCUT2D eigenvalue weighted by Crippen LogP contribution is -2.46. The predicted molar refractivity (Wildman–Crippen MR) is 52.6 cm³/mol. The molecule has 3 atom stereocenters. The number of esters is 1. The maximum atomic E-state index is 10.9. The third-order valence-electron chi connectivity index (χ3n) is 2.54. The topological polar surface area (TPSA) is 54.0 Å². The molecular formula is C10H18O5. The molecule has 0 radical (unpaired) electrons. The maximum absolute atomic E-state index is 10.9. The summed E-state index contributed by atoms with van der Waals surface area (Å²) in [5, 5.41) is 0. The molecule has 1 saturated heterocycles. The Hall–Kier alpha value is -0.650.